The number of aromatic nitrogens is 4. The Bertz CT molecular complexity index is 848. The number of hydrogen-bond acceptors (Lipinski definition) is 6. The average Bonchev–Trinajstić information content (AvgIpc) is 3.22. The van der Waals surface area contributed by atoms with Crippen LogP contribution in [-0.4, -0.2) is 57.4 Å². The second kappa shape index (κ2) is 5.62. The molecule has 23 heavy (non-hydrogen) atoms. The Kier molecular flexibility index (Phi) is 3.45. The Morgan fingerprint density at radius 3 is 2.78 bits per heavy atom. The minimum atomic E-state index is 0.0706. The average molecular weight is 328 g/mol. The molecule has 1 saturated heterocycles. The molecule has 1 N–H and O–H groups in total. The standard InChI is InChI=1S/C15H16N6OS/c1-10-17-19-15(23-10)21-6-4-20(5-7-21)14(22)11-2-3-13-12(8-11)9-16-18-13/h2-3,8-9H,4-7H2,1H3,(H,16,18). The van der Waals surface area contributed by atoms with Crippen LogP contribution >= 0.6 is 11.3 Å². The molecule has 2 aromatic heterocycles. The maximum absolute atomic E-state index is 12.7. The highest BCUT2D eigenvalue weighted by molar-refractivity contribution is 7.15. The number of fused-ring (bicyclic) bond motifs is 1. The maximum atomic E-state index is 12.7. The quantitative estimate of drug-likeness (QED) is 0.774. The number of piperazine rings is 1. The van der Waals surface area contributed by atoms with Crippen molar-refractivity contribution >= 4 is 33.3 Å². The van der Waals surface area contributed by atoms with Gasteiger partial charge in [0.15, 0.2) is 0 Å². The lowest BCUT2D eigenvalue weighted by atomic mass is 10.1. The SMILES string of the molecule is Cc1nnc(N2CCN(C(=O)c3ccc4[nH]ncc4c3)CC2)s1. The van der Waals surface area contributed by atoms with Crippen LogP contribution in [0.1, 0.15) is 15.4 Å². The van der Waals surface area contributed by atoms with Crippen molar-refractivity contribution in [2.45, 2.75) is 6.92 Å². The Balaban J connectivity index is 1.46. The Labute approximate surface area is 136 Å². The van der Waals surface area contributed by atoms with Gasteiger partial charge in [0, 0.05) is 37.1 Å². The van der Waals surface area contributed by atoms with E-state index in [9.17, 15) is 4.79 Å². The lowest BCUT2D eigenvalue weighted by molar-refractivity contribution is 0.0747. The normalized spacial score (nSPS) is 15.3. The van der Waals surface area contributed by atoms with Gasteiger partial charge in [-0.3, -0.25) is 9.89 Å². The number of aryl methyl sites for hydroxylation is 1. The largest absolute Gasteiger partial charge is 0.343 e. The molecular weight excluding hydrogens is 312 g/mol. The van der Waals surface area contributed by atoms with Crippen molar-refractivity contribution in [3.8, 4) is 0 Å². The fourth-order valence-corrected chi connectivity index (χ4v) is 3.51. The van der Waals surface area contributed by atoms with Crippen LogP contribution < -0.4 is 4.90 Å². The van der Waals surface area contributed by atoms with Gasteiger partial charge in [-0.1, -0.05) is 11.3 Å². The summed E-state index contributed by atoms with van der Waals surface area (Å²) in [5, 5.41) is 18.0. The van der Waals surface area contributed by atoms with Gasteiger partial charge in [0.2, 0.25) is 5.13 Å². The maximum Gasteiger partial charge on any atom is 0.253 e. The molecule has 4 rings (SSSR count). The van der Waals surface area contributed by atoms with Crippen LogP contribution in [0.25, 0.3) is 10.9 Å². The molecule has 3 aromatic rings. The highest BCUT2D eigenvalue weighted by Crippen LogP contribution is 2.22. The molecule has 3 heterocycles. The van der Waals surface area contributed by atoms with Crippen LogP contribution in [0, 0.1) is 6.92 Å². The van der Waals surface area contributed by atoms with Crippen molar-refractivity contribution < 1.29 is 4.79 Å². The summed E-state index contributed by atoms with van der Waals surface area (Å²) < 4.78 is 0. The summed E-state index contributed by atoms with van der Waals surface area (Å²) in [5.41, 5.74) is 1.65. The van der Waals surface area contributed by atoms with Crippen molar-refractivity contribution in [1.82, 2.24) is 25.3 Å². The van der Waals surface area contributed by atoms with E-state index in [1.165, 1.54) is 0 Å². The molecule has 1 fully saturated rings. The number of amides is 1. The van der Waals surface area contributed by atoms with E-state index >= 15 is 0 Å². The summed E-state index contributed by atoms with van der Waals surface area (Å²) >= 11 is 1.59. The number of carbonyl (C=O) groups is 1. The van der Waals surface area contributed by atoms with E-state index in [0.29, 0.717) is 18.7 Å². The first-order valence-corrected chi connectivity index (χ1v) is 8.30. The summed E-state index contributed by atoms with van der Waals surface area (Å²) in [5.74, 6) is 0.0706. The van der Waals surface area contributed by atoms with Crippen molar-refractivity contribution in [3.63, 3.8) is 0 Å². The van der Waals surface area contributed by atoms with E-state index in [2.05, 4.69) is 25.3 Å². The summed E-state index contributed by atoms with van der Waals surface area (Å²) in [6.45, 7) is 4.91. The van der Waals surface area contributed by atoms with Gasteiger partial charge < -0.3 is 9.80 Å². The zero-order valence-electron chi connectivity index (χ0n) is 12.7. The Hall–Kier alpha value is -2.48. The Morgan fingerprint density at radius 1 is 1.22 bits per heavy atom. The van der Waals surface area contributed by atoms with Crippen molar-refractivity contribution in [3.05, 3.63) is 35.0 Å². The summed E-state index contributed by atoms with van der Waals surface area (Å²) in [6, 6.07) is 5.64. The predicted molar refractivity (Wildman–Crippen MR) is 88.9 cm³/mol. The van der Waals surface area contributed by atoms with E-state index in [4.69, 9.17) is 0 Å². The second-order valence-electron chi connectivity index (χ2n) is 5.55. The van der Waals surface area contributed by atoms with Crippen molar-refractivity contribution in [2.75, 3.05) is 31.1 Å². The number of aromatic amines is 1. The fourth-order valence-electron chi connectivity index (χ4n) is 2.77. The third kappa shape index (κ3) is 2.65. The Morgan fingerprint density at radius 2 is 2.04 bits per heavy atom. The van der Waals surface area contributed by atoms with E-state index in [1.54, 1.807) is 17.5 Å². The highest BCUT2D eigenvalue weighted by Gasteiger charge is 2.24. The number of nitrogens with one attached hydrogen (secondary N) is 1. The summed E-state index contributed by atoms with van der Waals surface area (Å²) in [7, 11) is 0. The van der Waals surface area contributed by atoms with Gasteiger partial charge in [0.25, 0.3) is 5.91 Å². The molecule has 7 nitrogen and oxygen atoms in total. The van der Waals surface area contributed by atoms with Gasteiger partial charge in [-0.15, -0.1) is 10.2 Å². The molecule has 8 heteroatoms. The first kappa shape index (κ1) is 14.1. The van der Waals surface area contributed by atoms with Gasteiger partial charge in [-0.25, -0.2) is 0 Å². The van der Waals surface area contributed by atoms with Crippen LogP contribution in [0.2, 0.25) is 0 Å². The molecule has 0 saturated carbocycles. The lowest BCUT2D eigenvalue weighted by Crippen LogP contribution is -2.48. The van der Waals surface area contributed by atoms with Crippen LogP contribution in [0.5, 0.6) is 0 Å². The number of nitrogens with zero attached hydrogens (tertiary/aromatic N) is 5. The number of anilines is 1. The zero-order chi connectivity index (χ0) is 15.8. The van der Waals surface area contributed by atoms with Gasteiger partial charge in [0.05, 0.1) is 11.7 Å². The molecule has 0 bridgehead atoms. The molecule has 0 radical (unpaired) electrons. The molecular formula is C15H16N6OS. The summed E-state index contributed by atoms with van der Waals surface area (Å²) in [4.78, 5) is 16.7. The van der Waals surface area contributed by atoms with Gasteiger partial charge in [0.1, 0.15) is 5.01 Å². The predicted octanol–water partition coefficient (Wildman–Crippen LogP) is 1.69. The molecule has 1 aliphatic heterocycles. The monoisotopic (exact) mass is 328 g/mol. The zero-order valence-corrected chi connectivity index (χ0v) is 13.5. The van der Waals surface area contributed by atoms with Gasteiger partial charge in [-0.2, -0.15) is 5.10 Å². The minimum Gasteiger partial charge on any atom is -0.343 e. The van der Waals surface area contributed by atoms with Gasteiger partial charge in [-0.05, 0) is 25.1 Å². The molecule has 0 unspecified atom stereocenters. The molecule has 0 spiro atoms. The third-order valence-electron chi connectivity index (χ3n) is 4.04. The molecule has 0 atom stereocenters. The second-order valence-corrected chi connectivity index (χ2v) is 6.72. The van der Waals surface area contributed by atoms with E-state index in [-0.39, 0.29) is 5.91 Å². The number of hydrogen-bond donors (Lipinski definition) is 1. The minimum absolute atomic E-state index is 0.0706. The fraction of sp³-hybridized carbons (Fsp3) is 0.333. The van der Waals surface area contributed by atoms with Crippen molar-refractivity contribution in [1.29, 1.82) is 0 Å². The number of H-pyrrole nitrogens is 1. The van der Waals surface area contributed by atoms with Crippen LogP contribution in [0.3, 0.4) is 0 Å². The topological polar surface area (TPSA) is 78.0 Å². The first-order chi connectivity index (χ1) is 11.2. The first-order valence-electron chi connectivity index (χ1n) is 7.48. The number of carbonyl (C=O) groups excluding carboxylic acids is 1. The van der Waals surface area contributed by atoms with E-state index in [1.807, 2.05) is 30.0 Å². The molecule has 118 valence electrons. The van der Waals surface area contributed by atoms with Crippen LogP contribution in [0.4, 0.5) is 5.13 Å². The lowest BCUT2D eigenvalue weighted by Gasteiger charge is -2.34. The van der Waals surface area contributed by atoms with E-state index in [0.717, 1.165) is 34.1 Å². The van der Waals surface area contributed by atoms with Gasteiger partial charge >= 0.3 is 0 Å². The number of rotatable bonds is 2. The summed E-state index contributed by atoms with van der Waals surface area (Å²) in [6.07, 6.45) is 1.74. The van der Waals surface area contributed by atoms with Crippen LogP contribution in [-0.2, 0) is 0 Å². The van der Waals surface area contributed by atoms with E-state index < -0.39 is 0 Å². The molecule has 1 aliphatic rings. The third-order valence-corrected chi connectivity index (χ3v) is 4.94. The van der Waals surface area contributed by atoms with Crippen LogP contribution in [0.15, 0.2) is 24.4 Å². The smallest absolute Gasteiger partial charge is 0.253 e. The number of benzene rings is 1. The molecule has 1 amide bonds. The highest BCUT2D eigenvalue weighted by atomic mass is 32.1. The molecule has 0 aliphatic carbocycles. The molecule has 1 aromatic carbocycles. The van der Waals surface area contributed by atoms with Crippen molar-refractivity contribution in [2.24, 2.45) is 0 Å².